The van der Waals surface area contributed by atoms with Gasteiger partial charge >= 0.3 is 5.97 Å². The number of hydrogen-bond acceptors (Lipinski definition) is 2. The lowest BCUT2D eigenvalue weighted by molar-refractivity contribution is -0.137. The van der Waals surface area contributed by atoms with Crippen LogP contribution < -0.4 is 0 Å². The van der Waals surface area contributed by atoms with E-state index in [1.807, 2.05) is 0 Å². The molecule has 0 aliphatic heterocycles. The Hall–Kier alpha value is -0.570. The number of ether oxygens (including phenoxy) is 1. The quantitative estimate of drug-likeness (QED) is 0.151. The average molecular weight is 443 g/mol. The van der Waals surface area contributed by atoms with Gasteiger partial charge in [-0.25, -0.2) is 0 Å². The average Bonchev–Trinajstić information content (AvgIpc) is 2.76. The van der Waals surface area contributed by atoms with Crippen LogP contribution >= 0.6 is 0 Å². The van der Waals surface area contributed by atoms with E-state index < -0.39 is 5.97 Å². The van der Waals surface area contributed by atoms with Crippen molar-refractivity contribution in [3.8, 4) is 0 Å². The van der Waals surface area contributed by atoms with Crippen LogP contribution in [-0.2, 0) is 9.53 Å². The lowest BCUT2D eigenvalue weighted by Crippen LogP contribution is -1.97. The molecule has 0 aliphatic rings. The van der Waals surface area contributed by atoms with Crippen LogP contribution in [0.1, 0.15) is 162 Å². The number of aliphatic carboxylic acids is 1. The first kappa shape index (κ1) is 32.6. The molecule has 0 fully saturated rings. The second-order valence-electron chi connectivity index (χ2n) is 9.12. The Bertz CT molecular complexity index is 303. The molecule has 0 amide bonds. The number of rotatable bonds is 24. The molecule has 0 unspecified atom stereocenters. The van der Waals surface area contributed by atoms with Gasteiger partial charge in [-0.2, -0.15) is 0 Å². The van der Waals surface area contributed by atoms with Crippen LogP contribution in [0.15, 0.2) is 0 Å². The first-order valence-electron chi connectivity index (χ1n) is 14.0. The number of carboxylic acids is 1. The molecule has 0 heterocycles. The summed E-state index contributed by atoms with van der Waals surface area (Å²) < 4.78 is 5.63. The van der Waals surface area contributed by atoms with Gasteiger partial charge in [0.05, 0.1) is 0 Å². The van der Waals surface area contributed by atoms with Crippen LogP contribution in [0.4, 0.5) is 0 Å². The maximum atomic E-state index is 10.2. The summed E-state index contributed by atoms with van der Waals surface area (Å²) in [6.45, 7) is 8.72. The van der Waals surface area contributed by atoms with Crippen molar-refractivity contribution in [3.05, 3.63) is 0 Å². The molecule has 1 N–H and O–H groups in total. The van der Waals surface area contributed by atoms with Crippen LogP contribution in [0.2, 0.25) is 0 Å². The fourth-order valence-corrected chi connectivity index (χ4v) is 3.66. The van der Waals surface area contributed by atoms with E-state index in [2.05, 4.69) is 20.8 Å². The van der Waals surface area contributed by atoms with Gasteiger partial charge in [-0.1, -0.05) is 136 Å². The molecule has 0 aromatic rings. The highest BCUT2D eigenvalue weighted by Gasteiger charge is 1.96. The zero-order valence-electron chi connectivity index (χ0n) is 21.7. The molecule has 0 radical (unpaired) electrons. The minimum absolute atomic E-state index is 0.343. The van der Waals surface area contributed by atoms with Crippen LogP contribution in [0.5, 0.6) is 0 Å². The number of hydrogen-bond donors (Lipinski definition) is 1. The largest absolute Gasteiger partial charge is 0.481 e. The molecule has 0 atom stereocenters. The van der Waals surface area contributed by atoms with Crippen LogP contribution in [0.3, 0.4) is 0 Å². The van der Waals surface area contributed by atoms with E-state index >= 15 is 0 Å². The maximum Gasteiger partial charge on any atom is 0.303 e. The van der Waals surface area contributed by atoms with Crippen molar-refractivity contribution < 1.29 is 14.6 Å². The van der Waals surface area contributed by atoms with Crippen molar-refractivity contribution in [2.75, 3.05) is 13.2 Å². The summed E-state index contributed by atoms with van der Waals surface area (Å²) in [5.41, 5.74) is 0. The van der Waals surface area contributed by atoms with Crippen molar-refractivity contribution in [1.82, 2.24) is 0 Å². The first-order valence-corrected chi connectivity index (χ1v) is 14.0. The Labute approximate surface area is 196 Å². The van der Waals surface area contributed by atoms with Gasteiger partial charge in [0.25, 0.3) is 0 Å². The zero-order valence-corrected chi connectivity index (χ0v) is 21.7. The van der Waals surface area contributed by atoms with Crippen molar-refractivity contribution in [1.29, 1.82) is 0 Å². The van der Waals surface area contributed by atoms with E-state index in [-0.39, 0.29) is 0 Å². The monoisotopic (exact) mass is 442 g/mol. The van der Waals surface area contributed by atoms with E-state index in [4.69, 9.17) is 9.84 Å². The standard InChI is InChI=1S/C16H34O.C12H24O2/c1-3-5-7-9-10-11-12-14-16-17-15-13-8-6-4-2;1-2-3-4-5-6-7-8-9-10-11-12(13)14/h3-16H2,1-2H3;2-11H2,1H3,(H,13,14). The van der Waals surface area contributed by atoms with Gasteiger partial charge < -0.3 is 9.84 Å². The molecular formula is C28H58O3. The summed E-state index contributed by atoms with van der Waals surface area (Å²) in [7, 11) is 0. The van der Waals surface area contributed by atoms with Crippen LogP contribution in [0, 0.1) is 0 Å². The Kier molecular flexibility index (Phi) is 33.3. The van der Waals surface area contributed by atoms with Crippen LogP contribution in [-0.4, -0.2) is 24.3 Å². The van der Waals surface area contributed by atoms with E-state index in [1.54, 1.807) is 0 Å². The van der Waals surface area contributed by atoms with Crippen molar-refractivity contribution in [3.63, 3.8) is 0 Å². The zero-order chi connectivity index (χ0) is 23.3. The topological polar surface area (TPSA) is 46.5 Å². The molecule has 31 heavy (non-hydrogen) atoms. The SMILES string of the molecule is CCCCCCCCCCCC(=O)O.CCCCCCCCCCOCCCCCC. The molecule has 0 saturated carbocycles. The number of carbonyl (C=O) groups is 1. The van der Waals surface area contributed by atoms with Gasteiger partial charge in [0.2, 0.25) is 0 Å². The summed E-state index contributed by atoms with van der Waals surface area (Å²) in [4.78, 5) is 10.2. The molecule has 0 saturated heterocycles. The fourth-order valence-electron chi connectivity index (χ4n) is 3.66. The van der Waals surface area contributed by atoms with Gasteiger partial charge in [0.1, 0.15) is 0 Å². The normalized spacial score (nSPS) is 10.7. The van der Waals surface area contributed by atoms with Crippen molar-refractivity contribution in [2.45, 2.75) is 162 Å². The Morgan fingerprint density at radius 1 is 0.484 bits per heavy atom. The van der Waals surface area contributed by atoms with Crippen molar-refractivity contribution in [2.24, 2.45) is 0 Å². The molecule has 0 aromatic carbocycles. The van der Waals surface area contributed by atoms with Gasteiger partial charge in [-0.15, -0.1) is 0 Å². The third kappa shape index (κ3) is 37.1. The van der Waals surface area contributed by atoms with E-state index in [0.29, 0.717) is 6.42 Å². The summed E-state index contributed by atoms with van der Waals surface area (Å²) >= 11 is 0. The smallest absolute Gasteiger partial charge is 0.303 e. The minimum atomic E-state index is -0.659. The molecule has 0 aromatic heterocycles. The second-order valence-corrected chi connectivity index (χ2v) is 9.12. The first-order chi connectivity index (χ1) is 15.2. The van der Waals surface area contributed by atoms with Gasteiger partial charge in [-0.05, 0) is 19.3 Å². The number of carboxylic acid groups (broad SMARTS) is 1. The minimum Gasteiger partial charge on any atom is -0.481 e. The molecule has 0 rings (SSSR count). The maximum absolute atomic E-state index is 10.2. The van der Waals surface area contributed by atoms with Crippen LogP contribution in [0.25, 0.3) is 0 Å². The fraction of sp³-hybridized carbons (Fsp3) is 0.964. The highest BCUT2D eigenvalue weighted by atomic mass is 16.5. The Morgan fingerprint density at radius 3 is 1.13 bits per heavy atom. The Balaban J connectivity index is 0. The third-order valence-electron chi connectivity index (χ3n) is 5.78. The lowest BCUT2D eigenvalue weighted by atomic mass is 10.1. The number of unbranched alkanes of at least 4 members (excludes halogenated alkanes) is 18. The van der Waals surface area contributed by atoms with E-state index in [9.17, 15) is 4.79 Å². The van der Waals surface area contributed by atoms with Crippen molar-refractivity contribution >= 4 is 5.97 Å². The van der Waals surface area contributed by atoms with Gasteiger partial charge in [-0.3, -0.25) is 4.79 Å². The second kappa shape index (κ2) is 31.6. The lowest BCUT2D eigenvalue weighted by Gasteiger charge is -2.04. The molecular weight excluding hydrogens is 384 g/mol. The van der Waals surface area contributed by atoms with E-state index in [1.165, 1.54) is 122 Å². The predicted molar refractivity (Wildman–Crippen MR) is 137 cm³/mol. The molecule has 188 valence electrons. The highest BCUT2D eigenvalue weighted by Crippen LogP contribution is 2.10. The molecule has 3 heteroatoms. The third-order valence-corrected chi connectivity index (χ3v) is 5.78. The summed E-state index contributed by atoms with van der Waals surface area (Å²) in [5, 5.41) is 8.41. The molecule has 3 nitrogen and oxygen atoms in total. The summed E-state index contributed by atoms with van der Waals surface area (Å²) in [5.74, 6) is -0.659. The molecule has 0 bridgehead atoms. The summed E-state index contributed by atoms with van der Waals surface area (Å²) in [6, 6.07) is 0. The van der Waals surface area contributed by atoms with Gasteiger partial charge in [0, 0.05) is 19.6 Å². The summed E-state index contributed by atoms with van der Waals surface area (Å²) in [6.07, 6.45) is 27.9. The highest BCUT2D eigenvalue weighted by molar-refractivity contribution is 5.66. The molecule has 0 aliphatic carbocycles. The van der Waals surface area contributed by atoms with E-state index in [0.717, 1.165) is 26.1 Å². The Morgan fingerprint density at radius 2 is 0.774 bits per heavy atom. The van der Waals surface area contributed by atoms with Gasteiger partial charge in [0.15, 0.2) is 0 Å². The predicted octanol–water partition coefficient (Wildman–Crippen LogP) is 9.72. The molecule has 0 spiro atoms.